The number of fused-ring (bicyclic) bond motifs is 1. The molecule has 3 aromatic rings. The second kappa shape index (κ2) is 4.48. The Morgan fingerprint density at radius 2 is 2.00 bits per heavy atom. The summed E-state index contributed by atoms with van der Waals surface area (Å²) in [6.45, 7) is 0. The Morgan fingerprint density at radius 3 is 2.89 bits per heavy atom. The number of rotatable bonds is 2. The van der Waals surface area contributed by atoms with Crippen molar-refractivity contribution < 1.29 is 4.74 Å². The standard InChI is InChI=1S/C13H9ClN2OS/c14-8-5-6-10(15)12(7-8)17-13-9-3-1-2-4-11(9)16-18-13/h1-7H,15H2. The van der Waals surface area contributed by atoms with Crippen LogP contribution in [0.3, 0.4) is 0 Å². The molecule has 2 N–H and O–H groups in total. The van der Waals surface area contributed by atoms with E-state index in [1.165, 1.54) is 11.5 Å². The number of nitrogens with zero attached hydrogens (tertiary/aromatic N) is 1. The molecular formula is C13H9ClN2OS. The molecule has 0 bridgehead atoms. The second-order valence-electron chi connectivity index (χ2n) is 3.77. The molecule has 0 aliphatic heterocycles. The molecule has 18 heavy (non-hydrogen) atoms. The van der Waals surface area contributed by atoms with E-state index in [1.807, 2.05) is 24.3 Å². The second-order valence-corrected chi connectivity index (χ2v) is 4.94. The van der Waals surface area contributed by atoms with Crippen molar-refractivity contribution in [2.45, 2.75) is 0 Å². The van der Waals surface area contributed by atoms with Gasteiger partial charge in [0.25, 0.3) is 0 Å². The van der Waals surface area contributed by atoms with Crippen LogP contribution < -0.4 is 10.5 Å². The molecule has 0 spiro atoms. The average Bonchev–Trinajstić information content (AvgIpc) is 2.78. The predicted octanol–water partition coefficient (Wildman–Crippen LogP) is 4.32. The van der Waals surface area contributed by atoms with E-state index in [2.05, 4.69) is 4.37 Å². The summed E-state index contributed by atoms with van der Waals surface area (Å²) in [6.07, 6.45) is 0. The number of ether oxygens (including phenoxy) is 1. The number of hydrogen-bond donors (Lipinski definition) is 1. The Labute approximate surface area is 113 Å². The number of anilines is 1. The Bertz CT molecular complexity index is 711. The van der Waals surface area contributed by atoms with E-state index in [9.17, 15) is 0 Å². The smallest absolute Gasteiger partial charge is 0.208 e. The van der Waals surface area contributed by atoms with Gasteiger partial charge in [0.05, 0.1) is 16.6 Å². The molecule has 0 amide bonds. The van der Waals surface area contributed by atoms with Gasteiger partial charge < -0.3 is 10.5 Å². The lowest BCUT2D eigenvalue weighted by Gasteiger charge is -2.06. The lowest BCUT2D eigenvalue weighted by atomic mass is 10.2. The molecule has 0 aliphatic rings. The van der Waals surface area contributed by atoms with E-state index >= 15 is 0 Å². The number of nitrogen functional groups attached to an aromatic ring is 1. The molecule has 0 radical (unpaired) electrons. The van der Waals surface area contributed by atoms with E-state index in [0.29, 0.717) is 16.5 Å². The van der Waals surface area contributed by atoms with E-state index in [-0.39, 0.29) is 0 Å². The highest BCUT2D eigenvalue weighted by molar-refractivity contribution is 7.09. The zero-order chi connectivity index (χ0) is 12.5. The van der Waals surface area contributed by atoms with E-state index in [0.717, 1.165) is 16.0 Å². The maximum absolute atomic E-state index is 5.93. The van der Waals surface area contributed by atoms with Crippen LogP contribution in [0.2, 0.25) is 5.02 Å². The van der Waals surface area contributed by atoms with Crippen LogP contribution in [-0.4, -0.2) is 4.37 Å². The Hall–Kier alpha value is -1.78. The van der Waals surface area contributed by atoms with Crippen LogP contribution in [0.1, 0.15) is 0 Å². The molecule has 0 saturated heterocycles. The normalized spacial score (nSPS) is 10.7. The highest BCUT2D eigenvalue weighted by Gasteiger charge is 2.09. The van der Waals surface area contributed by atoms with Crippen molar-refractivity contribution in [2.75, 3.05) is 5.73 Å². The number of aromatic nitrogens is 1. The van der Waals surface area contributed by atoms with Gasteiger partial charge in [-0.2, -0.15) is 4.37 Å². The molecule has 0 atom stereocenters. The van der Waals surface area contributed by atoms with Gasteiger partial charge in [-0.1, -0.05) is 23.7 Å². The summed E-state index contributed by atoms with van der Waals surface area (Å²) in [7, 11) is 0. The van der Waals surface area contributed by atoms with Crippen LogP contribution >= 0.6 is 23.1 Å². The maximum atomic E-state index is 5.93. The summed E-state index contributed by atoms with van der Waals surface area (Å²) >= 11 is 7.23. The summed E-state index contributed by atoms with van der Waals surface area (Å²) in [5.74, 6) is 0.553. The molecule has 0 unspecified atom stereocenters. The largest absolute Gasteiger partial charge is 0.442 e. The number of benzene rings is 2. The zero-order valence-corrected chi connectivity index (χ0v) is 10.8. The van der Waals surface area contributed by atoms with Gasteiger partial charge in [-0.25, -0.2) is 0 Å². The summed E-state index contributed by atoms with van der Waals surface area (Å²) in [5.41, 5.74) is 7.32. The van der Waals surface area contributed by atoms with Crippen molar-refractivity contribution in [3.05, 3.63) is 47.5 Å². The summed E-state index contributed by atoms with van der Waals surface area (Å²) in [6, 6.07) is 13.0. The highest BCUT2D eigenvalue weighted by Crippen LogP contribution is 2.36. The van der Waals surface area contributed by atoms with Gasteiger partial charge in [0.1, 0.15) is 0 Å². The lowest BCUT2D eigenvalue weighted by molar-refractivity contribution is 0.504. The third-order valence-electron chi connectivity index (χ3n) is 2.53. The summed E-state index contributed by atoms with van der Waals surface area (Å²) in [5, 5.41) is 2.29. The molecule has 90 valence electrons. The first-order valence-corrected chi connectivity index (χ1v) is 6.46. The first-order valence-electron chi connectivity index (χ1n) is 5.31. The zero-order valence-electron chi connectivity index (χ0n) is 9.26. The van der Waals surface area contributed by atoms with Gasteiger partial charge in [-0.3, -0.25) is 0 Å². The van der Waals surface area contributed by atoms with Crippen molar-refractivity contribution in [3.8, 4) is 10.8 Å². The Balaban J connectivity index is 2.04. The van der Waals surface area contributed by atoms with Crippen LogP contribution in [-0.2, 0) is 0 Å². The summed E-state index contributed by atoms with van der Waals surface area (Å²) in [4.78, 5) is 0. The fourth-order valence-electron chi connectivity index (χ4n) is 1.64. The molecule has 0 fully saturated rings. The van der Waals surface area contributed by atoms with Crippen molar-refractivity contribution in [1.29, 1.82) is 0 Å². The quantitative estimate of drug-likeness (QED) is 0.709. The van der Waals surface area contributed by atoms with Gasteiger partial charge >= 0.3 is 0 Å². The van der Waals surface area contributed by atoms with Gasteiger partial charge in [0, 0.05) is 22.6 Å². The third-order valence-corrected chi connectivity index (χ3v) is 3.52. The molecule has 0 saturated carbocycles. The number of nitrogens with two attached hydrogens (primary N) is 1. The van der Waals surface area contributed by atoms with Crippen molar-refractivity contribution in [2.24, 2.45) is 0 Å². The number of halogens is 1. The fourth-order valence-corrected chi connectivity index (χ4v) is 2.54. The van der Waals surface area contributed by atoms with E-state index in [4.69, 9.17) is 22.1 Å². The monoisotopic (exact) mass is 276 g/mol. The van der Waals surface area contributed by atoms with Crippen LogP contribution in [0.4, 0.5) is 5.69 Å². The molecular weight excluding hydrogens is 268 g/mol. The van der Waals surface area contributed by atoms with Gasteiger partial charge in [-0.15, -0.1) is 0 Å². The van der Waals surface area contributed by atoms with Crippen LogP contribution in [0, 0.1) is 0 Å². The van der Waals surface area contributed by atoms with Crippen LogP contribution in [0.25, 0.3) is 10.9 Å². The van der Waals surface area contributed by atoms with Crippen LogP contribution in [0.15, 0.2) is 42.5 Å². The SMILES string of the molecule is Nc1ccc(Cl)cc1Oc1snc2ccccc12. The number of hydrogen-bond acceptors (Lipinski definition) is 4. The van der Waals surface area contributed by atoms with Crippen molar-refractivity contribution in [1.82, 2.24) is 4.37 Å². The van der Waals surface area contributed by atoms with E-state index < -0.39 is 0 Å². The third kappa shape index (κ3) is 2.00. The first kappa shape index (κ1) is 11.3. The average molecular weight is 277 g/mol. The first-order chi connectivity index (χ1) is 8.74. The molecule has 1 aromatic heterocycles. The summed E-state index contributed by atoms with van der Waals surface area (Å²) < 4.78 is 10.1. The lowest BCUT2D eigenvalue weighted by Crippen LogP contribution is -1.90. The molecule has 0 aliphatic carbocycles. The van der Waals surface area contributed by atoms with Crippen LogP contribution in [0.5, 0.6) is 10.8 Å². The minimum Gasteiger partial charge on any atom is -0.442 e. The Morgan fingerprint density at radius 1 is 1.17 bits per heavy atom. The predicted molar refractivity (Wildman–Crippen MR) is 75.6 cm³/mol. The minimum absolute atomic E-state index is 0.553. The molecule has 5 heteroatoms. The van der Waals surface area contributed by atoms with Crippen molar-refractivity contribution in [3.63, 3.8) is 0 Å². The van der Waals surface area contributed by atoms with E-state index in [1.54, 1.807) is 18.2 Å². The molecule has 2 aromatic carbocycles. The van der Waals surface area contributed by atoms with Gasteiger partial charge in [0.15, 0.2) is 5.75 Å². The Kier molecular flexibility index (Phi) is 2.81. The molecule has 3 rings (SSSR count). The molecule has 3 nitrogen and oxygen atoms in total. The van der Waals surface area contributed by atoms with Crippen molar-refractivity contribution >= 4 is 39.7 Å². The topological polar surface area (TPSA) is 48.1 Å². The molecule has 1 heterocycles. The van der Waals surface area contributed by atoms with Gasteiger partial charge in [-0.05, 0) is 24.3 Å². The fraction of sp³-hybridized carbons (Fsp3) is 0. The highest BCUT2D eigenvalue weighted by atomic mass is 35.5. The maximum Gasteiger partial charge on any atom is 0.208 e. The minimum atomic E-state index is 0.553. The van der Waals surface area contributed by atoms with Gasteiger partial charge in [0.2, 0.25) is 5.06 Å².